The van der Waals surface area contributed by atoms with Gasteiger partial charge in [0.05, 0.1) is 7.11 Å². The Morgan fingerprint density at radius 1 is 1.50 bits per heavy atom. The van der Waals surface area contributed by atoms with Gasteiger partial charge < -0.3 is 20.5 Å². The Kier molecular flexibility index (Phi) is 4.04. The van der Waals surface area contributed by atoms with Crippen molar-refractivity contribution in [2.75, 3.05) is 19.0 Å². The van der Waals surface area contributed by atoms with Gasteiger partial charge >= 0.3 is 0 Å². The SMILES string of the molecule is COc1ccc(NC(=O)CCNC2CC2)cc1O. The van der Waals surface area contributed by atoms with Gasteiger partial charge in [0.1, 0.15) is 0 Å². The number of benzene rings is 1. The number of methoxy groups -OCH3 is 1. The Morgan fingerprint density at radius 2 is 2.28 bits per heavy atom. The third-order valence-electron chi connectivity index (χ3n) is 2.83. The van der Waals surface area contributed by atoms with Crippen molar-refractivity contribution in [1.82, 2.24) is 5.32 Å². The number of ether oxygens (including phenoxy) is 1. The lowest BCUT2D eigenvalue weighted by Gasteiger charge is -2.08. The lowest BCUT2D eigenvalue weighted by atomic mass is 10.2. The van der Waals surface area contributed by atoms with Crippen molar-refractivity contribution in [3.63, 3.8) is 0 Å². The Bertz CT molecular complexity index is 430. The minimum absolute atomic E-state index is 0.0198. The van der Waals surface area contributed by atoms with E-state index in [9.17, 15) is 9.90 Å². The number of nitrogens with one attached hydrogen (secondary N) is 2. The number of amides is 1. The predicted molar refractivity (Wildman–Crippen MR) is 68.9 cm³/mol. The van der Waals surface area contributed by atoms with Crippen molar-refractivity contribution in [3.8, 4) is 11.5 Å². The number of carbonyl (C=O) groups is 1. The third kappa shape index (κ3) is 3.63. The van der Waals surface area contributed by atoms with Crippen LogP contribution < -0.4 is 15.4 Å². The zero-order chi connectivity index (χ0) is 13.0. The van der Waals surface area contributed by atoms with E-state index in [1.54, 1.807) is 12.1 Å². The van der Waals surface area contributed by atoms with E-state index in [2.05, 4.69) is 10.6 Å². The summed E-state index contributed by atoms with van der Waals surface area (Å²) in [5.41, 5.74) is 0.574. The highest BCUT2D eigenvalue weighted by Crippen LogP contribution is 2.28. The van der Waals surface area contributed by atoms with Gasteiger partial charge in [-0.2, -0.15) is 0 Å². The highest BCUT2D eigenvalue weighted by atomic mass is 16.5. The molecule has 1 aromatic rings. The van der Waals surface area contributed by atoms with Crippen molar-refractivity contribution >= 4 is 11.6 Å². The van der Waals surface area contributed by atoms with Gasteiger partial charge in [0.15, 0.2) is 11.5 Å². The van der Waals surface area contributed by atoms with Crippen molar-refractivity contribution in [2.24, 2.45) is 0 Å². The van der Waals surface area contributed by atoms with E-state index in [4.69, 9.17) is 4.74 Å². The van der Waals surface area contributed by atoms with Crippen LogP contribution in [0.5, 0.6) is 11.5 Å². The van der Waals surface area contributed by atoms with Crippen LogP contribution in [-0.2, 0) is 4.79 Å². The van der Waals surface area contributed by atoms with Crippen molar-refractivity contribution in [3.05, 3.63) is 18.2 Å². The maximum Gasteiger partial charge on any atom is 0.225 e. The average molecular weight is 250 g/mol. The Balaban J connectivity index is 1.80. The van der Waals surface area contributed by atoms with E-state index >= 15 is 0 Å². The first-order valence-corrected chi connectivity index (χ1v) is 6.09. The molecular formula is C13H18N2O3. The van der Waals surface area contributed by atoms with E-state index in [0.717, 1.165) is 0 Å². The minimum Gasteiger partial charge on any atom is -0.504 e. The smallest absolute Gasteiger partial charge is 0.225 e. The van der Waals surface area contributed by atoms with Crippen molar-refractivity contribution in [1.29, 1.82) is 0 Å². The number of hydrogen-bond donors (Lipinski definition) is 3. The summed E-state index contributed by atoms with van der Waals surface area (Å²) in [4.78, 5) is 11.6. The summed E-state index contributed by atoms with van der Waals surface area (Å²) >= 11 is 0. The fourth-order valence-electron chi connectivity index (χ4n) is 1.67. The predicted octanol–water partition coefficient (Wildman–Crippen LogP) is 1.48. The van der Waals surface area contributed by atoms with Crippen LogP contribution >= 0.6 is 0 Å². The Morgan fingerprint density at radius 3 is 2.89 bits per heavy atom. The Hall–Kier alpha value is -1.75. The summed E-state index contributed by atoms with van der Waals surface area (Å²) in [6.45, 7) is 0.693. The van der Waals surface area contributed by atoms with Crippen molar-refractivity contribution in [2.45, 2.75) is 25.3 Å². The van der Waals surface area contributed by atoms with Crippen LogP contribution in [0, 0.1) is 0 Å². The van der Waals surface area contributed by atoms with Gasteiger partial charge in [-0.25, -0.2) is 0 Å². The van der Waals surface area contributed by atoms with Crippen LogP contribution in [0.1, 0.15) is 19.3 Å². The first-order chi connectivity index (χ1) is 8.69. The van der Waals surface area contributed by atoms with Crippen LogP contribution in [0.15, 0.2) is 18.2 Å². The molecule has 0 aromatic heterocycles. The summed E-state index contributed by atoms with van der Waals surface area (Å²) in [7, 11) is 1.48. The number of rotatable bonds is 6. The molecule has 18 heavy (non-hydrogen) atoms. The van der Waals surface area contributed by atoms with E-state index < -0.39 is 0 Å². The zero-order valence-electron chi connectivity index (χ0n) is 10.4. The molecule has 5 nitrogen and oxygen atoms in total. The van der Waals surface area contributed by atoms with Crippen molar-refractivity contribution < 1.29 is 14.6 Å². The molecule has 3 N–H and O–H groups in total. The van der Waals surface area contributed by atoms with Crippen LogP contribution in [0.3, 0.4) is 0 Å². The molecule has 0 saturated heterocycles. The van der Waals surface area contributed by atoms with Crippen LogP contribution in [0.4, 0.5) is 5.69 Å². The molecule has 0 spiro atoms. The van der Waals surface area contributed by atoms with Gasteiger partial charge in [0.2, 0.25) is 5.91 Å². The number of phenolic OH excluding ortho intramolecular Hbond substituents is 1. The highest BCUT2D eigenvalue weighted by molar-refractivity contribution is 5.91. The van der Waals surface area contributed by atoms with Gasteiger partial charge in [-0.05, 0) is 25.0 Å². The lowest BCUT2D eigenvalue weighted by molar-refractivity contribution is -0.116. The molecule has 5 heteroatoms. The molecule has 1 amide bonds. The van der Waals surface area contributed by atoms with E-state index in [-0.39, 0.29) is 11.7 Å². The average Bonchev–Trinajstić information content (AvgIpc) is 3.13. The second-order valence-electron chi connectivity index (χ2n) is 4.41. The highest BCUT2D eigenvalue weighted by Gasteiger charge is 2.20. The molecule has 0 atom stereocenters. The van der Waals surface area contributed by atoms with Gasteiger partial charge in [0, 0.05) is 30.8 Å². The minimum atomic E-state index is -0.0623. The molecule has 0 radical (unpaired) electrons. The first-order valence-electron chi connectivity index (χ1n) is 6.09. The summed E-state index contributed by atoms with van der Waals surface area (Å²) < 4.78 is 4.93. The number of aromatic hydroxyl groups is 1. The fourth-order valence-corrected chi connectivity index (χ4v) is 1.67. The van der Waals surface area contributed by atoms with Crippen LogP contribution in [0.2, 0.25) is 0 Å². The lowest BCUT2D eigenvalue weighted by Crippen LogP contribution is -2.23. The van der Waals surface area contributed by atoms with Gasteiger partial charge in [-0.1, -0.05) is 0 Å². The summed E-state index contributed by atoms with van der Waals surface area (Å²) in [5.74, 6) is 0.350. The second-order valence-corrected chi connectivity index (χ2v) is 4.41. The molecule has 1 aliphatic rings. The molecule has 1 fully saturated rings. The molecule has 0 heterocycles. The Labute approximate surface area is 106 Å². The molecule has 1 aliphatic carbocycles. The largest absolute Gasteiger partial charge is 0.504 e. The van der Waals surface area contributed by atoms with E-state index in [0.29, 0.717) is 30.4 Å². The molecule has 0 unspecified atom stereocenters. The standard InChI is InChI=1S/C13H18N2O3/c1-18-12-5-4-10(8-11(12)16)15-13(17)6-7-14-9-2-3-9/h4-5,8-9,14,16H,2-3,6-7H2,1H3,(H,15,17). The van der Waals surface area contributed by atoms with Crippen LogP contribution in [0.25, 0.3) is 0 Å². The second kappa shape index (κ2) is 5.73. The molecule has 98 valence electrons. The normalized spacial score (nSPS) is 14.3. The van der Waals surface area contributed by atoms with Crippen LogP contribution in [-0.4, -0.2) is 30.7 Å². The quantitative estimate of drug-likeness (QED) is 0.715. The monoisotopic (exact) mass is 250 g/mol. The maximum atomic E-state index is 11.6. The molecule has 1 saturated carbocycles. The summed E-state index contributed by atoms with van der Waals surface area (Å²) in [6, 6.07) is 5.41. The number of anilines is 1. The number of hydrogen-bond acceptors (Lipinski definition) is 4. The molecule has 0 bridgehead atoms. The van der Waals surface area contributed by atoms with Gasteiger partial charge in [0.25, 0.3) is 0 Å². The van der Waals surface area contributed by atoms with E-state index in [1.165, 1.54) is 26.0 Å². The molecule has 2 rings (SSSR count). The topological polar surface area (TPSA) is 70.6 Å². The maximum absolute atomic E-state index is 11.6. The first kappa shape index (κ1) is 12.7. The fraction of sp³-hybridized carbons (Fsp3) is 0.462. The number of phenols is 1. The number of carbonyl (C=O) groups excluding carboxylic acids is 1. The van der Waals surface area contributed by atoms with Gasteiger partial charge in [-0.15, -0.1) is 0 Å². The molecule has 0 aliphatic heterocycles. The molecular weight excluding hydrogens is 232 g/mol. The van der Waals surface area contributed by atoms with Gasteiger partial charge in [-0.3, -0.25) is 4.79 Å². The summed E-state index contributed by atoms with van der Waals surface area (Å²) in [5, 5.41) is 15.6. The summed E-state index contributed by atoms with van der Waals surface area (Å²) in [6.07, 6.45) is 2.87. The van der Waals surface area contributed by atoms with E-state index in [1.807, 2.05) is 0 Å². The third-order valence-corrected chi connectivity index (χ3v) is 2.83. The zero-order valence-corrected chi connectivity index (χ0v) is 10.4. The molecule has 1 aromatic carbocycles.